The van der Waals surface area contributed by atoms with Crippen molar-refractivity contribution in [3.63, 3.8) is 0 Å². The molecule has 1 aliphatic heterocycles. The molecular weight excluding hydrogens is 280 g/mol. The normalized spacial score (nSPS) is 24.2. The predicted octanol–water partition coefficient (Wildman–Crippen LogP) is 3.32. The first-order valence-corrected chi connectivity index (χ1v) is 7.20. The van der Waals surface area contributed by atoms with Crippen LogP contribution in [0.2, 0.25) is 0 Å². The van der Waals surface area contributed by atoms with Crippen LogP contribution in [0.25, 0.3) is 0 Å². The number of hydrogen-bond donors (Lipinski definition) is 0. The van der Waals surface area contributed by atoms with E-state index in [-0.39, 0.29) is 0 Å². The zero-order chi connectivity index (χ0) is 15.5. The van der Waals surface area contributed by atoms with Gasteiger partial charge in [0.2, 0.25) is 0 Å². The Morgan fingerprint density at radius 3 is 2.36 bits per heavy atom. The minimum atomic E-state index is -0.767. The van der Waals surface area contributed by atoms with E-state index in [0.717, 1.165) is 16.7 Å². The van der Waals surface area contributed by atoms with E-state index in [1.54, 1.807) is 0 Å². The number of ether oxygens (including phenoxy) is 3. The second-order valence-electron chi connectivity index (χ2n) is 5.24. The van der Waals surface area contributed by atoms with Crippen LogP contribution in [0.4, 0.5) is 0 Å². The van der Waals surface area contributed by atoms with Crippen LogP contribution in [-0.2, 0) is 19.0 Å². The third-order valence-corrected chi connectivity index (χ3v) is 3.82. The average Bonchev–Trinajstić information content (AvgIpc) is 3.00. The topological polar surface area (TPSA) is 44.8 Å². The molecule has 0 amide bonds. The fourth-order valence-corrected chi connectivity index (χ4v) is 2.65. The van der Waals surface area contributed by atoms with Crippen molar-refractivity contribution in [3.8, 4) is 0 Å². The van der Waals surface area contributed by atoms with E-state index in [0.29, 0.717) is 0 Å². The summed E-state index contributed by atoms with van der Waals surface area (Å²) in [7, 11) is 1.36. The molecule has 2 aromatic rings. The van der Waals surface area contributed by atoms with Gasteiger partial charge in [-0.25, -0.2) is 4.79 Å². The fourth-order valence-electron chi connectivity index (χ4n) is 2.65. The van der Waals surface area contributed by atoms with Gasteiger partial charge in [-0.05, 0) is 18.1 Å². The summed E-state index contributed by atoms with van der Waals surface area (Å²) in [5.74, 6) is -0.424. The SMILES string of the molecule is COC(=O)C1OC(c2ccccc2)O[C@@H]1c1ccccc1C. The van der Waals surface area contributed by atoms with Crippen molar-refractivity contribution >= 4 is 5.97 Å². The summed E-state index contributed by atoms with van der Waals surface area (Å²) < 4.78 is 16.7. The lowest BCUT2D eigenvalue weighted by Crippen LogP contribution is -2.27. The van der Waals surface area contributed by atoms with Crippen molar-refractivity contribution in [1.82, 2.24) is 0 Å². The van der Waals surface area contributed by atoms with Crippen LogP contribution in [0, 0.1) is 6.92 Å². The van der Waals surface area contributed by atoms with Crippen molar-refractivity contribution in [2.45, 2.75) is 25.4 Å². The summed E-state index contributed by atoms with van der Waals surface area (Å²) in [4.78, 5) is 12.1. The number of esters is 1. The van der Waals surface area contributed by atoms with Gasteiger partial charge >= 0.3 is 5.97 Å². The number of carbonyl (C=O) groups excluding carboxylic acids is 1. The molecule has 0 radical (unpaired) electrons. The lowest BCUT2D eigenvalue weighted by molar-refractivity contribution is -0.154. The van der Waals surface area contributed by atoms with Gasteiger partial charge in [-0.2, -0.15) is 0 Å². The van der Waals surface area contributed by atoms with Gasteiger partial charge in [-0.1, -0.05) is 54.6 Å². The third kappa shape index (κ3) is 2.75. The highest BCUT2D eigenvalue weighted by Gasteiger charge is 2.43. The fraction of sp³-hybridized carbons (Fsp3) is 0.278. The molecular formula is C18H18O4. The first-order chi connectivity index (χ1) is 10.7. The molecule has 0 bridgehead atoms. The zero-order valence-corrected chi connectivity index (χ0v) is 12.6. The lowest BCUT2D eigenvalue weighted by atomic mass is 10.00. The average molecular weight is 298 g/mol. The Hall–Kier alpha value is -2.17. The van der Waals surface area contributed by atoms with Gasteiger partial charge < -0.3 is 14.2 Å². The molecule has 4 nitrogen and oxygen atoms in total. The maximum Gasteiger partial charge on any atom is 0.338 e. The monoisotopic (exact) mass is 298 g/mol. The first-order valence-electron chi connectivity index (χ1n) is 7.20. The van der Waals surface area contributed by atoms with Gasteiger partial charge in [0.05, 0.1) is 7.11 Å². The van der Waals surface area contributed by atoms with Crippen molar-refractivity contribution in [1.29, 1.82) is 0 Å². The van der Waals surface area contributed by atoms with E-state index < -0.39 is 24.5 Å². The molecule has 3 atom stereocenters. The number of rotatable bonds is 3. The highest BCUT2D eigenvalue weighted by molar-refractivity contribution is 5.76. The summed E-state index contributed by atoms with van der Waals surface area (Å²) in [6.07, 6.45) is -1.81. The Balaban J connectivity index is 1.93. The third-order valence-electron chi connectivity index (χ3n) is 3.82. The van der Waals surface area contributed by atoms with Gasteiger partial charge in [-0.3, -0.25) is 0 Å². The van der Waals surface area contributed by atoms with Crippen LogP contribution in [0.15, 0.2) is 54.6 Å². The lowest BCUT2D eigenvalue weighted by Gasteiger charge is -2.16. The molecule has 2 aromatic carbocycles. The summed E-state index contributed by atoms with van der Waals surface area (Å²) in [6, 6.07) is 17.4. The van der Waals surface area contributed by atoms with E-state index >= 15 is 0 Å². The van der Waals surface area contributed by atoms with Crippen LogP contribution in [0.5, 0.6) is 0 Å². The molecule has 22 heavy (non-hydrogen) atoms. The van der Waals surface area contributed by atoms with E-state index in [2.05, 4.69) is 0 Å². The maximum atomic E-state index is 12.1. The number of carbonyl (C=O) groups is 1. The summed E-state index contributed by atoms with van der Waals surface area (Å²) >= 11 is 0. The molecule has 0 aliphatic carbocycles. The summed E-state index contributed by atoms with van der Waals surface area (Å²) in [5, 5.41) is 0. The molecule has 0 saturated carbocycles. The highest BCUT2D eigenvalue weighted by Crippen LogP contribution is 2.41. The van der Waals surface area contributed by atoms with Crippen LogP contribution in [0.1, 0.15) is 29.1 Å². The summed E-state index contributed by atoms with van der Waals surface area (Å²) in [5.41, 5.74) is 2.88. The number of methoxy groups -OCH3 is 1. The first kappa shape index (κ1) is 14.8. The van der Waals surface area contributed by atoms with Gasteiger partial charge in [0.25, 0.3) is 0 Å². The minimum absolute atomic E-state index is 0.424. The molecule has 0 spiro atoms. The largest absolute Gasteiger partial charge is 0.467 e. The van der Waals surface area contributed by atoms with E-state index in [9.17, 15) is 4.79 Å². The second-order valence-corrected chi connectivity index (χ2v) is 5.24. The Kier molecular flexibility index (Phi) is 4.22. The maximum absolute atomic E-state index is 12.1. The molecule has 3 rings (SSSR count). The molecule has 4 heteroatoms. The van der Waals surface area contributed by atoms with Gasteiger partial charge in [0.1, 0.15) is 6.10 Å². The molecule has 114 valence electrons. The Labute approximate surface area is 129 Å². The quantitative estimate of drug-likeness (QED) is 0.815. The second kappa shape index (κ2) is 6.30. The summed E-state index contributed by atoms with van der Waals surface area (Å²) in [6.45, 7) is 1.99. The molecule has 1 fully saturated rings. The van der Waals surface area contributed by atoms with E-state index in [1.165, 1.54) is 7.11 Å². The van der Waals surface area contributed by atoms with Crippen LogP contribution >= 0.6 is 0 Å². The van der Waals surface area contributed by atoms with Crippen LogP contribution in [-0.4, -0.2) is 19.2 Å². The number of aryl methyl sites for hydroxylation is 1. The van der Waals surface area contributed by atoms with E-state index in [1.807, 2.05) is 61.5 Å². The van der Waals surface area contributed by atoms with Gasteiger partial charge in [0, 0.05) is 5.56 Å². The van der Waals surface area contributed by atoms with Gasteiger partial charge in [-0.15, -0.1) is 0 Å². The van der Waals surface area contributed by atoms with Crippen molar-refractivity contribution in [2.75, 3.05) is 7.11 Å². The number of hydrogen-bond acceptors (Lipinski definition) is 4. The predicted molar refractivity (Wildman–Crippen MR) is 81.1 cm³/mol. The smallest absolute Gasteiger partial charge is 0.338 e. The number of benzene rings is 2. The molecule has 2 unspecified atom stereocenters. The van der Waals surface area contributed by atoms with Crippen LogP contribution in [0.3, 0.4) is 0 Å². The van der Waals surface area contributed by atoms with E-state index in [4.69, 9.17) is 14.2 Å². The Morgan fingerprint density at radius 1 is 1.00 bits per heavy atom. The van der Waals surface area contributed by atoms with Crippen LogP contribution < -0.4 is 0 Å². The van der Waals surface area contributed by atoms with Crippen molar-refractivity contribution in [3.05, 3.63) is 71.3 Å². The molecule has 1 saturated heterocycles. The molecule has 1 aliphatic rings. The standard InChI is InChI=1S/C18H18O4/c1-12-8-6-7-11-14(12)15-16(17(19)20-2)22-18(21-15)13-9-4-3-5-10-13/h3-11,15-16,18H,1-2H3/t15-,16?,18?/m1/s1. The Bertz CT molecular complexity index is 653. The molecule has 0 N–H and O–H groups in total. The minimum Gasteiger partial charge on any atom is -0.467 e. The van der Waals surface area contributed by atoms with Crippen molar-refractivity contribution < 1.29 is 19.0 Å². The Morgan fingerprint density at radius 2 is 1.68 bits per heavy atom. The zero-order valence-electron chi connectivity index (χ0n) is 12.6. The highest BCUT2D eigenvalue weighted by atomic mass is 16.7. The van der Waals surface area contributed by atoms with Gasteiger partial charge in [0.15, 0.2) is 12.4 Å². The molecule has 1 heterocycles. The molecule has 0 aromatic heterocycles. The van der Waals surface area contributed by atoms with Crippen molar-refractivity contribution in [2.24, 2.45) is 0 Å².